The predicted molar refractivity (Wildman–Crippen MR) is 74.1 cm³/mol. The molecule has 1 heterocycles. The van der Waals surface area contributed by atoms with Crippen LogP contribution in [0.5, 0.6) is 0 Å². The topological polar surface area (TPSA) is 85.1 Å². The molecule has 0 fully saturated rings. The lowest BCUT2D eigenvalue weighted by Crippen LogP contribution is -2.13. The fraction of sp³-hybridized carbons (Fsp3) is 0.154. The molecule has 1 aromatic carbocycles. The summed E-state index contributed by atoms with van der Waals surface area (Å²) in [6.07, 6.45) is 3.06. The van der Waals surface area contributed by atoms with Gasteiger partial charge in [-0.25, -0.2) is 8.42 Å². The van der Waals surface area contributed by atoms with Gasteiger partial charge in [0.25, 0.3) is 10.0 Å². The van der Waals surface area contributed by atoms with Gasteiger partial charge in [-0.05, 0) is 42.3 Å². The van der Waals surface area contributed by atoms with E-state index in [1.807, 2.05) is 6.92 Å². The van der Waals surface area contributed by atoms with E-state index in [0.717, 1.165) is 11.1 Å². The van der Waals surface area contributed by atoms with Crippen molar-refractivity contribution in [1.82, 2.24) is 4.98 Å². The van der Waals surface area contributed by atoms with Crippen LogP contribution in [-0.2, 0) is 16.6 Å². The minimum Gasteiger partial charge on any atom is -0.326 e. The zero-order chi connectivity index (χ0) is 13.9. The Balaban J connectivity index is 2.32. The average Bonchev–Trinajstić information content (AvgIpc) is 2.39. The molecule has 0 spiro atoms. The van der Waals surface area contributed by atoms with Crippen molar-refractivity contribution >= 4 is 15.7 Å². The van der Waals surface area contributed by atoms with Gasteiger partial charge in [-0.15, -0.1) is 0 Å². The van der Waals surface area contributed by atoms with Gasteiger partial charge in [0.15, 0.2) is 0 Å². The first-order valence-corrected chi connectivity index (χ1v) is 7.23. The van der Waals surface area contributed by atoms with E-state index in [1.165, 1.54) is 12.4 Å². The van der Waals surface area contributed by atoms with Crippen LogP contribution in [-0.4, -0.2) is 13.4 Å². The third-order valence-corrected chi connectivity index (χ3v) is 4.16. The Kier molecular flexibility index (Phi) is 3.82. The SMILES string of the molecule is Cc1cc(S(=O)(=O)Nc2ccncc2)ccc1CN. The monoisotopic (exact) mass is 277 g/mol. The van der Waals surface area contributed by atoms with E-state index in [-0.39, 0.29) is 4.90 Å². The smallest absolute Gasteiger partial charge is 0.261 e. The van der Waals surface area contributed by atoms with E-state index < -0.39 is 10.0 Å². The first-order valence-electron chi connectivity index (χ1n) is 5.75. The highest BCUT2D eigenvalue weighted by molar-refractivity contribution is 7.92. The number of nitrogens with zero attached hydrogens (tertiary/aromatic N) is 1. The Hall–Kier alpha value is -1.92. The van der Waals surface area contributed by atoms with E-state index in [2.05, 4.69) is 9.71 Å². The number of hydrogen-bond donors (Lipinski definition) is 2. The van der Waals surface area contributed by atoms with Crippen molar-refractivity contribution in [3.8, 4) is 0 Å². The summed E-state index contributed by atoms with van der Waals surface area (Å²) in [5, 5.41) is 0. The van der Waals surface area contributed by atoms with Crippen molar-refractivity contribution < 1.29 is 8.42 Å². The second-order valence-corrected chi connectivity index (χ2v) is 5.82. The van der Waals surface area contributed by atoms with Crippen LogP contribution in [0.15, 0.2) is 47.6 Å². The van der Waals surface area contributed by atoms with Crippen LogP contribution >= 0.6 is 0 Å². The second-order valence-electron chi connectivity index (χ2n) is 4.13. The fourth-order valence-corrected chi connectivity index (χ4v) is 2.84. The first-order chi connectivity index (χ1) is 9.03. The largest absolute Gasteiger partial charge is 0.326 e. The summed E-state index contributed by atoms with van der Waals surface area (Å²) in [6, 6.07) is 8.10. The molecule has 0 atom stereocenters. The number of aryl methyl sites for hydroxylation is 1. The van der Waals surface area contributed by atoms with Crippen LogP contribution in [0.1, 0.15) is 11.1 Å². The quantitative estimate of drug-likeness (QED) is 0.889. The minimum absolute atomic E-state index is 0.221. The van der Waals surface area contributed by atoms with E-state index in [0.29, 0.717) is 12.2 Å². The summed E-state index contributed by atoms with van der Waals surface area (Å²) < 4.78 is 26.9. The van der Waals surface area contributed by atoms with Crippen molar-refractivity contribution in [3.05, 3.63) is 53.9 Å². The Morgan fingerprint density at radius 2 is 1.89 bits per heavy atom. The summed E-state index contributed by atoms with van der Waals surface area (Å²) in [7, 11) is -3.58. The maximum atomic E-state index is 12.2. The van der Waals surface area contributed by atoms with E-state index in [1.54, 1.807) is 30.3 Å². The van der Waals surface area contributed by atoms with Crippen molar-refractivity contribution in [3.63, 3.8) is 0 Å². The summed E-state index contributed by atoms with van der Waals surface area (Å²) in [6.45, 7) is 2.23. The molecule has 0 radical (unpaired) electrons. The molecule has 0 aliphatic heterocycles. The van der Waals surface area contributed by atoms with Crippen LogP contribution in [0, 0.1) is 6.92 Å². The van der Waals surface area contributed by atoms with Crippen LogP contribution in [0.2, 0.25) is 0 Å². The molecule has 19 heavy (non-hydrogen) atoms. The van der Waals surface area contributed by atoms with Crippen molar-refractivity contribution in [2.45, 2.75) is 18.4 Å². The molecule has 0 amide bonds. The lowest BCUT2D eigenvalue weighted by molar-refractivity contribution is 0.601. The summed E-state index contributed by atoms with van der Waals surface area (Å²) >= 11 is 0. The van der Waals surface area contributed by atoms with Gasteiger partial charge in [0.05, 0.1) is 10.6 Å². The number of anilines is 1. The zero-order valence-corrected chi connectivity index (χ0v) is 11.3. The molecule has 2 rings (SSSR count). The average molecular weight is 277 g/mol. The molecular formula is C13H15N3O2S. The number of sulfonamides is 1. The summed E-state index contributed by atoms with van der Waals surface area (Å²) in [4.78, 5) is 4.06. The highest BCUT2D eigenvalue weighted by atomic mass is 32.2. The highest BCUT2D eigenvalue weighted by Crippen LogP contribution is 2.18. The van der Waals surface area contributed by atoms with Gasteiger partial charge in [-0.2, -0.15) is 0 Å². The fourth-order valence-electron chi connectivity index (χ4n) is 1.70. The lowest BCUT2D eigenvalue weighted by atomic mass is 10.1. The van der Waals surface area contributed by atoms with Crippen LogP contribution in [0.3, 0.4) is 0 Å². The molecule has 0 bridgehead atoms. The maximum Gasteiger partial charge on any atom is 0.261 e. The molecule has 0 saturated carbocycles. The van der Waals surface area contributed by atoms with Gasteiger partial charge in [0.2, 0.25) is 0 Å². The van der Waals surface area contributed by atoms with Gasteiger partial charge < -0.3 is 5.73 Å². The molecule has 0 aliphatic rings. The van der Waals surface area contributed by atoms with Crippen molar-refractivity contribution in [2.24, 2.45) is 5.73 Å². The first kappa shape index (κ1) is 13.5. The number of hydrogen-bond acceptors (Lipinski definition) is 4. The normalized spacial score (nSPS) is 11.3. The molecule has 0 aliphatic carbocycles. The number of rotatable bonds is 4. The summed E-state index contributed by atoms with van der Waals surface area (Å²) in [5.74, 6) is 0. The minimum atomic E-state index is -3.58. The number of nitrogens with one attached hydrogen (secondary N) is 1. The van der Waals surface area contributed by atoms with Gasteiger partial charge in [-0.1, -0.05) is 6.07 Å². The van der Waals surface area contributed by atoms with Gasteiger partial charge in [0.1, 0.15) is 0 Å². The number of benzene rings is 1. The maximum absolute atomic E-state index is 12.2. The standard InChI is InChI=1S/C13H15N3O2S/c1-10-8-13(3-2-11(10)9-14)19(17,18)16-12-4-6-15-7-5-12/h2-8H,9,14H2,1H3,(H,15,16). The highest BCUT2D eigenvalue weighted by Gasteiger charge is 2.14. The molecule has 5 nitrogen and oxygen atoms in total. The Morgan fingerprint density at radius 1 is 1.21 bits per heavy atom. The molecular weight excluding hydrogens is 262 g/mol. The van der Waals surface area contributed by atoms with Crippen molar-refractivity contribution in [2.75, 3.05) is 4.72 Å². The third-order valence-electron chi connectivity index (χ3n) is 2.78. The van der Waals surface area contributed by atoms with Gasteiger partial charge in [-0.3, -0.25) is 9.71 Å². The molecule has 100 valence electrons. The Morgan fingerprint density at radius 3 is 2.47 bits per heavy atom. The predicted octanol–water partition coefficient (Wildman–Crippen LogP) is 1.65. The molecule has 0 saturated heterocycles. The van der Waals surface area contributed by atoms with Crippen molar-refractivity contribution in [1.29, 1.82) is 0 Å². The van der Waals surface area contributed by atoms with E-state index >= 15 is 0 Å². The molecule has 0 unspecified atom stereocenters. The number of pyridine rings is 1. The van der Waals surface area contributed by atoms with E-state index in [9.17, 15) is 8.42 Å². The lowest BCUT2D eigenvalue weighted by Gasteiger charge is -2.10. The van der Waals surface area contributed by atoms with Crippen LogP contribution in [0.4, 0.5) is 5.69 Å². The molecule has 6 heteroatoms. The number of aromatic nitrogens is 1. The van der Waals surface area contributed by atoms with Gasteiger partial charge >= 0.3 is 0 Å². The van der Waals surface area contributed by atoms with Gasteiger partial charge in [0, 0.05) is 18.9 Å². The second kappa shape index (κ2) is 5.38. The Labute approximate surface area is 112 Å². The molecule has 1 aromatic heterocycles. The Bertz CT molecular complexity index is 670. The molecule has 2 aromatic rings. The zero-order valence-electron chi connectivity index (χ0n) is 10.5. The van der Waals surface area contributed by atoms with Crippen LogP contribution < -0.4 is 10.5 Å². The third kappa shape index (κ3) is 3.10. The van der Waals surface area contributed by atoms with Crippen LogP contribution in [0.25, 0.3) is 0 Å². The number of nitrogens with two attached hydrogens (primary N) is 1. The summed E-state index contributed by atoms with van der Waals surface area (Å²) in [5.41, 5.74) is 7.84. The molecule has 3 N–H and O–H groups in total. The van der Waals surface area contributed by atoms with E-state index in [4.69, 9.17) is 5.73 Å².